The van der Waals surface area contributed by atoms with E-state index in [-0.39, 0.29) is 6.04 Å². The van der Waals surface area contributed by atoms with E-state index in [1.54, 1.807) is 12.5 Å². The van der Waals surface area contributed by atoms with Gasteiger partial charge in [0.15, 0.2) is 0 Å². The Morgan fingerprint density at radius 1 is 1.47 bits per heavy atom. The zero-order chi connectivity index (χ0) is 12.1. The van der Waals surface area contributed by atoms with Crippen molar-refractivity contribution in [2.75, 3.05) is 10.7 Å². The molecule has 0 fully saturated rings. The van der Waals surface area contributed by atoms with Crippen molar-refractivity contribution < 1.29 is 4.42 Å². The van der Waals surface area contributed by atoms with Gasteiger partial charge in [-0.3, -0.25) is 0 Å². The topological polar surface area (TPSA) is 76.1 Å². The van der Waals surface area contributed by atoms with E-state index in [1.807, 2.05) is 24.3 Å². The van der Waals surface area contributed by atoms with Crippen molar-refractivity contribution in [3.63, 3.8) is 0 Å². The number of rotatable bonds is 5. The van der Waals surface area contributed by atoms with E-state index in [2.05, 4.69) is 22.7 Å². The van der Waals surface area contributed by atoms with Gasteiger partial charge in [0.25, 0.3) is 0 Å². The Kier molecular flexibility index (Phi) is 3.62. The highest BCUT2D eigenvalue weighted by Gasteiger charge is 2.06. The average Bonchev–Trinajstić information content (AvgIpc) is 2.82. The molecule has 0 radical (unpaired) electrons. The fraction of sp³-hybridized carbons (Fsp3) is 0.250. The van der Waals surface area contributed by atoms with Crippen LogP contribution in [0.5, 0.6) is 0 Å². The molecule has 1 unspecified atom stereocenters. The van der Waals surface area contributed by atoms with E-state index in [9.17, 15) is 0 Å². The van der Waals surface area contributed by atoms with Crippen molar-refractivity contribution in [2.45, 2.75) is 19.4 Å². The fourth-order valence-corrected chi connectivity index (χ4v) is 1.67. The SMILES string of the molecule is CC(Cc1ccco1)Nc1ccnc(NN)c1. The molecule has 0 saturated heterocycles. The predicted octanol–water partition coefficient (Wildman–Crippen LogP) is 2.00. The molecule has 2 heterocycles. The summed E-state index contributed by atoms with van der Waals surface area (Å²) < 4.78 is 5.30. The van der Waals surface area contributed by atoms with Crippen LogP contribution in [0, 0.1) is 0 Å². The van der Waals surface area contributed by atoms with Crippen molar-refractivity contribution in [1.82, 2.24) is 4.98 Å². The van der Waals surface area contributed by atoms with Crippen LogP contribution in [0.3, 0.4) is 0 Å². The molecule has 0 saturated carbocycles. The van der Waals surface area contributed by atoms with E-state index in [4.69, 9.17) is 10.3 Å². The fourth-order valence-electron chi connectivity index (χ4n) is 1.67. The maximum absolute atomic E-state index is 5.30. The highest BCUT2D eigenvalue weighted by Crippen LogP contribution is 2.14. The number of hydrogen-bond acceptors (Lipinski definition) is 5. The third kappa shape index (κ3) is 3.22. The molecule has 0 spiro atoms. The first-order chi connectivity index (χ1) is 8.28. The molecular weight excluding hydrogens is 216 g/mol. The smallest absolute Gasteiger partial charge is 0.141 e. The average molecular weight is 232 g/mol. The molecule has 1 atom stereocenters. The van der Waals surface area contributed by atoms with Crippen LogP contribution in [0.2, 0.25) is 0 Å². The molecule has 17 heavy (non-hydrogen) atoms. The van der Waals surface area contributed by atoms with Crippen LogP contribution in [0.25, 0.3) is 0 Å². The number of furan rings is 1. The lowest BCUT2D eigenvalue weighted by Gasteiger charge is -2.14. The minimum Gasteiger partial charge on any atom is -0.469 e. The van der Waals surface area contributed by atoms with Gasteiger partial charge in [0.2, 0.25) is 0 Å². The maximum Gasteiger partial charge on any atom is 0.141 e. The van der Waals surface area contributed by atoms with Crippen LogP contribution in [0.1, 0.15) is 12.7 Å². The molecule has 2 rings (SSSR count). The van der Waals surface area contributed by atoms with Crippen LogP contribution in [0.15, 0.2) is 41.1 Å². The highest BCUT2D eigenvalue weighted by molar-refractivity contribution is 5.51. The Bertz CT molecular complexity index is 455. The second-order valence-electron chi connectivity index (χ2n) is 3.90. The van der Waals surface area contributed by atoms with Crippen LogP contribution < -0.4 is 16.6 Å². The zero-order valence-corrected chi connectivity index (χ0v) is 9.68. The highest BCUT2D eigenvalue weighted by atomic mass is 16.3. The lowest BCUT2D eigenvalue weighted by Crippen LogP contribution is -2.18. The second-order valence-corrected chi connectivity index (χ2v) is 3.90. The van der Waals surface area contributed by atoms with Crippen molar-refractivity contribution in [3.8, 4) is 0 Å². The maximum atomic E-state index is 5.30. The lowest BCUT2D eigenvalue weighted by molar-refractivity contribution is 0.498. The number of nitrogens with zero attached hydrogens (tertiary/aromatic N) is 1. The van der Waals surface area contributed by atoms with Crippen LogP contribution in [0.4, 0.5) is 11.5 Å². The third-order valence-electron chi connectivity index (χ3n) is 2.41. The minimum absolute atomic E-state index is 0.272. The van der Waals surface area contributed by atoms with Crippen LogP contribution >= 0.6 is 0 Å². The van der Waals surface area contributed by atoms with Gasteiger partial charge < -0.3 is 15.2 Å². The van der Waals surface area contributed by atoms with Crippen molar-refractivity contribution in [1.29, 1.82) is 0 Å². The molecule has 0 aromatic carbocycles. The Balaban J connectivity index is 1.95. The summed E-state index contributed by atoms with van der Waals surface area (Å²) in [6.45, 7) is 2.10. The summed E-state index contributed by atoms with van der Waals surface area (Å²) in [4.78, 5) is 4.05. The van der Waals surface area contributed by atoms with E-state index in [1.165, 1.54) is 0 Å². The van der Waals surface area contributed by atoms with Gasteiger partial charge in [0, 0.05) is 30.4 Å². The van der Waals surface area contributed by atoms with E-state index in [0.29, 0.717) is 5.82 Å². The molecule has 0 aliphatic rings. The predicted molar refractivity (Wildman–Crippen MR) is 67.5 cm³/mol. The zero-order valence-electron chi connectivity index (χ0n) is 9.68. The molecule has 2 aromatic heterocycles. The number of aromatic nitrogens is 1. The summed E-state index contributed by atoms with van der Waals surface area (Å²) in [5, 5.41) is 3.36. The number of nitrogens with two attached hydrogens (primary N) is 1. The van der Waals surface area contributed by atoms with Gasteiger partial charge in [-0.05, 0) is 25.1 Å². The normalized spacial score (nSPS) is 12.1. The summed E-state index contributed by atoms with van der Waals surface area (Å²) in [5.41, 5.74) is 3.50. The molecule has 5 heteroatoms. The first-order valence-corrected chi connectivity index (χ1v) is 5.49. The number of anilines is 2. The molecule has 2 aromatic rings. The summed E-state index contributed by atoms with van der Waals surface area (Å²) in [7, 11) is 0. The van der Waals surface area contributed by atoms with Crippen LogP contribution in [-0.2, 0) is 6.42 Å². The van der Waals surface area contributed by atoms with Gasteiger partial charge >= 0.3 is 0 Å². The standard InChI is InChI=1S/C12H16N4O/c1-9(7-11-3-2-6-17-11)15-10-4-5-14-12(8-10)16-13/h2-6,8-9H,7,13H2,1H3,(H2,14,15,16). The first-order valence-electron chi connectivity index (χ1n) is 5.49. The number of hydrazine groups is 1. The minimum atomic E-state index is 0.272. The summed E-state index contributed by atoms with van der Waals surface area (Å²) in [5.74, 6) is 6.91. The van der Waals surface area contributed by atoms with Gasteiger partial charge in [0.05, 0.1) is 6.26 Å². The van der Waals surface area contributed by atoms with Gasteiger partial charge in [-0.1, -0.05) is 0 Å². The summed E-state index contributed by atoms with van der Waals surface area (Å²) >= 11 is 0. The Morgan fingerprint density at radius 3 is 3.06 bits per heavy atom. The second kappa shape index (κ2) is 5.36. The first kappa shape index (κ1) is 11.5. The quantitative estimate of drug-likeness (QED) is 0.543. The van der Waals surface area contributed by atoms with Crippen LogP contribution in [-0.4, -0.2) is 11.0 Å². The molecule has 4 N–H and O–H groups in total. The molecule has 0 aliphatic carbocycles. The van der Waals surface area contributed by atoms with Crippen molar-refractivity contribution in [2.24, 2.45) is 5.84 Å². The Morgan fingerprint density at radius 2 is 2.35 bits per heavy atom. The Labute approximate surface area is 100 Å². The molecule has 0 bridgehead atoms. The Hall–Kier alpha value is -2.01. The molecule has 90 valence electrons. The van der Waals surface area contributed by atoms with Gasteiger partial charge in [-0.2, -0.15) is 0 Å². The summed E-state index contributed by atoms with van der Waals surface area (Å²) in [6.07, 6.45) is 4.22. The number of nitrogens with one attached hydrogen (secondary N) is 2. The molecular formula is C12H16N4O. The number of nitrogen functional groups attached to an aromatic ring is 1. The van der Waals surface area contributed by atoms with Gasteiger partial charge in [-0.15, -0.1) is 0 Å². The molecule has 0 aliphatic heterocycles. The number of hydrogen-bond donors (Lipinski definition) is 3. The molecule has 0 amide bonds. The largest absolute Gasteiger partial charge is 0.469 e. The van der Waals surface area contributed by atoms with Gasteiger partial charge in [-0.25, -0.2) is 10.8 Å². The van der Waals surface area contributed by atoms with Gasteiger partial charge in [0.1, 0.15) is 11.6 Å². The third-order valence-corrected chi connectivity index (χ3v) is 2.41. The van der Waals surface area contributed by atoms with E-state index in [0.717, 1.165) is 17.9 Å². The lowest BCUT2D eigenvalue weighted by atomic mass is 10.2. The number of pyridine rings is 1. The monoisotopic (exact) mass is 232 g/mol. The van der Waals surface area contributed by atoms with E-state index >= 15 is 0 Å². The molecule has 5 nitrogen and oxygen atoms in total. The van der Waals surface area contributed by atoms with Crippen molar-refractivity contribution in [3.05, 3.63) is 42.5 Å². The van der Waals surface area contributed by atoms with E-state index < -0.39 is 0 Å². The van der Waals surface area contributed by atoms with Crippen molar-refractivity contribution >= 4 is 11.5 Å². The summed E-state index contributed by atoms with van der Waals surface area (Å²) in [6, 6.07) is 7.90.